The van der Waals surface area contributed by atoms with Crippen LogP contribution in [0.1, 0.15) is 60.1 Å². The Hall–Kier alpha value is -2.15. The fourth-order valence-corrected chi connectivity index (χ4v) is 3.73. The third kappa shape index (κ3) is 4.10. The van der Waals surface area contributed by atoms with Crippen molar-refractivity contribution in [3.05, 3.63) is 33.2 Å². The maximum Gasteiger partial charge on any atom is 0.305 e. The first-order chi connectivity index (χ1) is 12.0. The lowest BCUT2D eigenvalue weighted by molar-refractivity contribution is -0.139. The van der Waals surface area contributed by atoms with Crippen molar-refractivity contribution < 1.29 is 19.4 Å². The van der Waals surface area contributed by atoms with Crippen molar-refractivity contribution in [3.8, 4) is 0 Å². The number of fused-ring (bicyclic) bond motifs is 1. The topological polar surface area (TPSA) is 108 Å². The number of aryl methyl sites for hydroxylation is 2. The molecule has 0 unspecified atom stereocenters. The summed E-state index contributed by atoms with van der Waals surface area (Å²) < 4.78 is 5.29. The number of nitrogens with one attached hydrogen (secondary N) is 2. The number of aromatic amines is 1. The highest BCUT2D eigenvalue weighted by molar-refractivity contribution is 5.95. The number of ether oxygens (including phenoxy) is 1. The van der Waals surface area contributed by atoms with Crippen molar-refractivity contribution in [2.45, 2.75) is 56.9 Å². The van der Waals surface area contributed by atoms with Crippen LogP contribution in [0.5, 0.6) is 0 Å². The zero-order chi connectivity index (χ0) is 17.9. The lowest BCUT2D eigenvalue weighted by atomic mass is 9.86. The lowest BCUT2D eigenvalue weighted by Gasteiger charge is -2.36. The molecule has 7 nitrogen and oxygen atoms in total. The van der Waals surface area contributed by atoms with Crippen LogP contribution in [0.25, 0.3) is 0 Å². The van der Waals surface area contributed by atoms with Gasteiger partial charge in [-0.3, -0.25) is 14.4 Å². The standard InChI is InChI=1S/C18H24N2O5/c21-15(22)11-18(6-8-25-9-7-18)20-17(24)13-10-12-4-2-1-3-5-14(12)19-16(13)23/h10H,1-9,11H2,(H,19,23)(H,20,24)(H,21,22). The molecule has 0 radical (unpaired) electrons. The second-order valence-corrected chi connectivity index (χ2v) is 6.99. The van der Waals surface area contributed by atoms with Crippen LogP contribution in [0.4, 0.5) is 0 Å². The van der Waals surface area contributed by atoms with E-state index in [1.54, 1.807) is 6.07 Å². The SMILES string of the molecule is O=C(O)CC1(NC(=O)c2cc3c([nH]c2=O)CCCCC3)CCOCC1. The van der Waals surface area contributed by atoms with Crippen molar-refractivity contribution in [2.75, 3.05) is 13.2 Å². The summed E-state index contributed by atoms with van der Waals surface area (Å²) in [5, 5.41) is 12.0. The van der Waals surface area contributed by atoms with Gasteiger partial charge < -0.3 is 20.1 Å². The van der Waals surface area contributed by atoms with Crippen molar-refractivity contribution in [3.63, 3.8) is 0 Å². The number of rotatable bonds is 4. The smallest absolute Gasteiger partial charge is 0.305 e. The number of carbonyl (C=O) groups excluding carboxylic acids is 1. The van der Waals surface area contributed by atoms with E-state index in [9.17, 15) is 19.5 Å². The molecule has 0 spiro atoms. The Morgan fingerprint density at radius 1 is 1.20 bits per heavy atom. The highest BCUT2D eigenvalue weighted by atomic mass is 16.5. The Morgan fingerprint density at radius 3 is 2.64 bits per heavy atom. The van der Waals surface area contributed by atoms with E-state index in [4.69, 9.17) is 4.74 Å². The van der Waals surface area contributed by atoms with Crippen LogP contribution in [0.3, 0.4) is 0 Å². The minimum absolute atomic E-state index is 0.0666. The summed E-state index contributed by atoms with van der Waals surface area (Å²) in [4.78, 5) is 39.2. The summed E-state index contributed by atoms with van der Waals surface area (Å²) in [7, 11) is 0. The zero-order valence-electron chi connectivity index (χ0n) is 14.2. The summed E-state index contributed by atoms with van der Waals surface area (Å²) in [6, 6.07) is 1.68. The van der Waals surface area contributed by atoms with Gasteiger partial charge in [-0.2, -0.15) is 0 Å². The minimum Gasteiger partial charge on any atom is -0.481 e. The predicted octanol–water partition coefficient (Wildman–Crippen LogP) is 1.40. The molecule has 0 bridgehead atoms. The third-order valence-electron chi connectivity index (χ3n) is 5.15. The second-order valence-electron chi connectivity index (χ2n) is 6.99. The van der Waals surface area contributed by atoms with Gasteiger partial charge in [-0.1, -0.05) is 6.42 Å². The van der Waals surface area contributed by atoms with Crippen LogP contribution in [-0.2, 0) is 22.4 Å². The number of carboxylic acids is 1. The van der Waals surface area contributed by atoms with Crippen molar-refractivity contribution >= 4 is 11.9 Å². The molecule has 25 heavy (non-hydrogen) atoms. The molecule has 1 aromatic rings. The number of aliphatic carboxylic acids is 1. The van der Waals surface area contributed by atoms with Crippen molar-refractivity contribution in [1.82, 2.24) is 10.3 Å². The number of aromatic nitrogens is 1. The molecule has 3 rings (SSSR count). The molecule has 7 heteroatoms. The maximum atomic E-state index is 12.7. The monoisotopic (exact) mass is 348 g/mol. The number of H-pyrrole nitrogens is 1. The van der Waals surface area contributed by atoms with Gasteiger partial charge in [0, 0.05) is 18.9 Å². The normalized spacial score (nSPS) is 19.5. The number of hydrogen-bond donors (Lipinski definition) is 3. The van der Waals surface area contributed by atoms with E-state index >= 15 is 0 Å². The van der Waals surface area contributed by atoms with Crippen LogP contribution in [0, 0.1) is 0 Å². The first-order valence-electron chi connectivity index (χ1n) is 8.86. The molecule has 1 aliphatic heterocycles. The summed E-state index contributed by atoms with van der Waals surface area (Å²) in [5.74, 6) is -1.48. The van der Waals surface area contributed by atoms with E-state index in [2.05, 4.69) is 10.3 Å². The molecule has 1 fully saturated rings. The maximum absolute atomic E-state index is 12.7. The number of hydrogen-bond acceptors (Lipinski definition) is 4. The molecule has 0 atom stereocenters. The average Bonchev–Trinajstić information content (AvgIpc) is 2.78. The van der Waals surface area contributed by atoms with Crippen molar-refractivity contribution in [2.24, 2.45) is 0 Å². The predicted molar refractivity (Wildman–Crippen MR) is 90.8 cm³/mol. The van der Waals surface area contributed by atoms with Gasteiger partial charge in [0.1, 0.15) is 5.56 Å². The van der Waals surface area contributed by atoms with Gasteiger partial charge >= 0.3 is 5.97 Å². The number of amides is 1. The van der Waals surface area contributed by atoms with Gasteiger partial charge in [0.15, 0.2) is 0 Å². The van der Waals surface area contributed by atoms with Crippen molar-refractivity contribution in [1.29, 1.82) is 0 Å². The molecule has 2 heterocycles. The van der Waals surface area contributed by atoms with Crippen LogP contribution in [-0.4, -0.2) is 40.7 Å². The van der Waals surface area contributed by atoms with E-state index in [0.29, 0.717) is 26.1 Å². The molecular formula is C18H24N2O5. The average molecular weight is 348 g/mol. The fourth-order valence-electron chi connectivity index (χ4n) is 3.73. The van der Waals surface area contributed by atoms with E-state index in [1.165, 1.54) is 0 Å². The molecule has 1 aromatic heterocycles. The van der Waals surface area contributed by atoms with Crippen LogP contribution in [0.2, 0.25) is 0 Å². The van der Waals surface area contributed by atoms with E-state index in [1.807, 2.05) is 0 Å². The Kier molecular flexibility index (Phi) is 5.22. The zero-order valence-corrected chi connectivity index (χ0v) is 14.2. The molecule has 3 N–H and O–H groups in total. The summed E-state index contributed by atoms with van der Waals surface area (Å²) in [5.41, 5.74) is 0.736. The molecule has 1 amide bonds. The highest BCUT2D eigenvalue weighted by Gasteiger charge is 2.37. The van der Waals surface area contributed by atoms with Gasteiger partial charge in [0.05, 0.1) is 12.0 Å². The first-order valence-corrected chi connectivity index (χ1v) is 8.86. The van der Waals surface area contributed by atoms with E-state index < -0.39 is 23.0 Å². The molecule has 1 aliphatic carbocycles. The Bertz CT molecular complexity index is 719. The van der Waals surface area contributed by atoms with Gasteiger partial charge in [-0.25, -0.2) is 0 Å². The molecule has 2 aliphatic rings. The molecule has 1 saturated heterocycles. The third-order valence-corrected chi connectivity index (χ3v) is 5.15. The Morgan fingerprint density at radius 2 is 1.92 bits per heavy atom. The lowest BCUT2D eigenvalue weighted by Crippen LogP contribution is -2.54. The number of carboxylic acid groups (broad SMARTS) is 1. The number of carbonyl (C=O) groups is 2. The highest BCUT2D eigenvalue weighted by Crippen LogP contribution is 2.25. The quantitative estimate of drug-likeness (QED) is 0.713. The van der Waals surface area contributed by atoms with Crippen LogP contribution in [0.15, 0.2) is 10.9 Å². The molecule has 0 aromatic carbocycles. The van der Waals surface area contributed by atoms with Gasteiger partial charge in [-0.05, 0) is 50.2 Å². The van der Waals surface area contributed by atoms with Crippen LogP contribution >= 0.6 is 0 Å². The molecular weight excluding hydrogens is 324 g/mol. The second kappa shape index (κ2) is 7.39. The van der Waals surface area contributed by atoms with E-state index in [0.717, 1.165) is 43.4 Å². The summed E-state index contributed by atoms with van der Waals surface area (Å²) in [6.45, 7) is 0.794. The van der Waals surface area contributed by atoms with Gasteiger partial charge in [0.25, 0.3) is 11.5 Å². The molecule has 0 saturated carbocycles. The summed E-state index contributed by atoms with van der Waals surface area (Å²) >= 11 is 0. The molecule has 136 valence electrons. The first kappa shape index (κ1) is 17.7. The Balaban J connectivity index is 1.85. The fraction of sp³-hybridized carbons (Fsp3) is 0.611. The van der Waals surface area contributed by atoms with Gasteiger partial charge in [0.2, 0.25) is 0 Å². The van der Waals surface area contributed by atoms with Gasteiger partial charge in [-0.15, -0.1) is 0 Å². The Labute approximate surface area is 145 Å². The number of pyridine rings is 1. The minimum atomic E-state index is -0.974. The largest absolute Gasteiger partial charge is 0.481 e. The summed E-state index contributed by atoms with van der Waals surface area (Å²) in [6.07, 6.45) is 5.54. The van der Waals surface area contributed by atoms with E-state index in [-0.39, 0.29) is 12.0 Å². The van der Waals surface area contributed by atoms with Crippen LogP contribution < -0.4 is 10.9 Å².